The van der Waals surface area contributed by atoms with E-state index in [1.807, 2.05) is 6.07 Å². The van der Waals surface area contributed by atoms with Gasteiger partial charge < -0.3 is 15.1 Å². The lowest BCUT2D eigenvalue weighted by Gasteiger charge is -2.25. The summed E-state index contributed by atoms with van der Waals surface area (Å²) in [7, 11) is 0. The van der Waals surface area contributed by atoms with Crippen LogP contribution in [0.4, 0.5) is 0 Å². The van der Waals surface area contributed by atoms with Gasteiger partial charge in [0.25, 0.3) is 0 Å². The number of rotatable bonds is 7. The van der Waals surface area contributed by atoms with Gasteiger partial charge in [0, 0.05) is 44.6 Å². The number of hydrogen-bond acceptors (Lipinski definition) is 3. The minimum atomic E-state index is 0.0904. The Bertz CT molecular complexity index is 743. The number of hydrogen-bond donors (Lipinski definition) is 1. The Kier molecular flexibility index (Phi) is 5.81. The number of likely N-dealkylation sites (tertiary alicyclic amines) is 2. The molecule has 162 valence electrons. The number of benzene rings is 1. The maximum atomic E-state index is 12.8. The number of carbonyl (C=O) groups is 2. The third-order valence-electron chi connectivity index (χ3n) is 7.78. The van der Waals surface area contributed by atoms with Gasteiger partial charge in [0.1, 0.15) is 0 Å². The van der Waals surface area contributed by atoms with Crippen LogP contribution < -0.4 is 5.32 Å². The van der Waals surface area contributed by atoms with E-state index in [4.69, 9.17) is 0 Å². The standard InChI is InChI=1S/C25H35N3O2/c29-24(19-8-4-5-9-19)26-23(18-6-2-1-3-7-18)12-13-27-14-21-16-28(17-22(21)15-27)25(30)20-10-11-20/h1-3,6-7,19-23H,4-5,8-17H2,(H,26,29)/t21?,22?,23-/m0/s1. The molecule has 0 radical (unpaired) electrons. The van der Waals surface area contributed by atoms with E-state index in [9.17, 15) is 9.59 Å². The lowest BCUT2D eigenvalue weighted by atomic mass is 10.0. The molecule has 5 rings (SSSR count). The van der Waals surface area contributed by atoms with Crippen molar-refractivity contribution in [3.8, 4) is 0 Å². The smallest absolute Gasteiger partial charge is 0.225 e. The number of carbonyl (C=O) groups excluding carboxylic acids is 2. The summed E-state index contributed by atoms with van der Waals surface area (Å²) in [6.45, 7) is 5.11. The molecule has 2 heterocycles. The Morgan fingerprint density at radius 2 is 1.57 bits per heavy atom. The van der Waals surface area contributed by atoms with Gasteiger partial charge in [-0.2, -0.15) is 0 Å². The third-order valence-corrected chi connectivity index (χ3v) is 7.78. The minimum absolute atomic E-state index is 0.0904. The first-order chi connectivity index (χ1) is 14.7. The quantitative estimate of drug-likeness (QED) is 0.752. The molecule has 0 spiro atoms. The average Bonchev–Trinajstić information content (AvgIpc) is 3.13. The second kappa shape index (κ2) is 8.70. The first-order valence-corrected chi connectivity index (χ1v) is 12.0. The van der Waals surface area contributed by atoms with Gasteiger partial charge in [0.15, 0.2) is 0 Å². The molecule has 3 atom stereocenters. The van der Waals surface area contributed by atoms with Crippen molar-refractivity contribution < 1.29 is 9.59 Å². The molecule has 0 aromatic heterocycles. The van der Waals surface area contributed by atoms with E-state index in [0.29, 0.717) is 23.7 Å². The molecule has 2 amide bonds. The first-order valence-electron chi connectivity index (χ1n) is 12.0. The van der Waals surface area contributed by atoms with Crippen molar-refractivity contribution in [1.82, 2.24) is 15.1 Å². The number of amides is 2. The SMILES string of the molecule is O=C(N[C@@H](CCN1CC2CN(C(=O)C3CC3)CC2C1)c1ccccc1)C1CCCC1. The van der Waals surface area contributed by atoms with Crippen LogP contribution in [0.15, 0.2) is 30.3 Å². The summed E-state index contributed by atoms with van der Waals surface area (Å²) in [6, 6.07) is 10.5. The van der Waals surface area contributed by atoms with Gasteiger partial charge in [-0.15, -0.1) is 0 Å². The first kappa shape index (κ1) is 20.0. The molecule has 2 saturated heterocycles. The molecule has 1 aromatic rings. The zero-order chi connectivity index (χ0) is 20.5. The summed E-state index contributed by atoms with van der Waals surface area (Å²) in [4.78, 5) is 29.9. The van der Waals surface area contributed by atoms with Crippen LogP contribution in [-0.4, -0.2) is 54.3 Å². The van der Waals surface area contributed by atoms with Crippen LogP contribution in [0.2, 0.25) is 0 Å². The Balaban J connectivity index is 1.15. The van der Waals surface area contributed by atoms with Crippen LogP contribution in [0.1, 0.15) is 56.6 Å². The second-order valence-electron chi connectivity index (χ2n) is 10.0. The van der Waals surface area contributed by atoms with Crippen LogP contribution in [0.25, 0.3) is 0 Å². The van der Waals surface area contributed by atoms with Gasteiger partial charge in [-0.1, -0.05) is 43.2 Å². The van der Waals surface area contributed by atoms with E-state index >= 15 is 0 Å². The number of nitrogens with zero attached hydrogens (tertiary/aromatic N) is 2. The molecule has 2 unspecified atom stereocenters. The van der Waals surface area contributed by atoms with Crippen molar-refractivity contribution in [3.05, 3.63) is 35.9 Å². The molecule has 4 aliphatic rings. The van der Waals surface area contributed by atoms with Crippen LogP contribution in [0.5, 0.6) is 0 Å². The van der Waals surface area contributed by atoms with Crippen LogP contribution in [0, 0.1) is 23.7 Å². The fourth-order valence-corrected chi connectivity index (χ4v) is 5.84. The summed E-state index contributed by atoms with van der Waals surface area (Å²) in [5.74, 6) is 2.47. The zero-order valence-electron chi connectivity index (χ0n) is 18.0. The summed E-state index contributed by atoms with van der Waals surface area (Å²) in [5.41, 5.74) is 1.21. The van der Waals surface area contributed by atoms with E-state index in [1.165, 1.54) is 18.4 Å². The lowest BCUT2D eigenvalue weighted by Crippen LogP contribution is -2.37. The molecule has 2 aliphatic carbocycles. The largest absolute Gasteiger partial charge is 0.349 e. The highest BCUT2D eigenvalue weighted by Gasteiger charge is 2.44. The van der Waals surface area contributed by atoms with E-state index in [0.717, 1.165) is 64.8 Å². The summed E-state index contributed by atoms with van der Waals surface area (Å²) < 4.78 is 0. The second-order valence-corrected chi connectivity index (χ2v) is 10.0. The fourth-order valence-electron chi connectivity index (χ4n) is 5.84. The molecule has 4 fully saturated rings. The van der Waals surface area contributed by atoms with Crippen LogP contribution in [-0.2, 0) is 9.59 Å². The average molecular weight is 410 g/mol. The Hall–Kier alpha value is -1.88. The summed E-state index contributed by atoms with van der Waals surface area (Å²) >= 11 is 0. The summed E-state index contributed by atoms with van der Waals surface area (Å²) in [6.07, 6.45) is 7.61. The predicted octanol–water partition coefficient (Wildman–Crippen LogP) is 3.22. The van der Waals surface area contributed by atoms with Gasteiger partial charge in [-0.05, 0) is 49.5 Å². The van der Waals surface area contributed by atoms with Gasteiger partial charge in [-0.25, -0.2) is 0 Å². The molecular weight excluding hydrogens is 374 g/mol. The fraction of sp³-hybridized carbons (Fsp3) is 0.680. The minimum Gasteiger partial charge on any atom is -0.349 e. The molecule has 5 heteroatoms. The van der Waals surface area contributed by atoms with Gasteiger partial charge in [0.05, 0.1) is 6.04 Å². The van der Waals surface area contributed by atoms with Gasteiger partial charge >= 0.3 is 0 Å². The van der Waals surface area contributed by atoms with Crippen molar-refractivity contribution in [2.45, 2.75) is 51.0 Å². The van der Waals surface area contributed by atoms with Crippen LogP contribution >= 0.6 is 0 Å². The third kappa shape index (κ3) is 4.41. The van der Waals surface area contributed by atoms with Gasteiger partial charge in [0.2, 0.25) is 11.8 Å². The van der Waals surface area contributed by atoms with Crippen molar-refractivity contribution in [2.75, 3.05) is 32.7 Å². The molecule has 1 aromatic carbocycles. The highest BCUT2D eigenvalue weighted by molar-refractivity contribution is 5.81. The van der Waals surface area contributed by atoms with Crippen LogP contribution in [0.3, 0.4) is 0 Å². The number of fused-ring (bicyclic) bond motifs is 1. The Morgan fingerprint density at radius 3 is 2.20 bits per heavy atom. The maximum absolute atomic E-state index is 12.8. The topological polar surface area (TPSA) is 52.7 Å². The number of nitrogens with one attached hydrogen (secondary N) is 1. The van der Waals surface area contributed by atoms with Crippen molar-refractivity contribution in [2.24, 2.45) is 23.7 Å². The molecule has 2 aliphatic heterocycles. The highest BCUT2D eigenvalue weighted by atomic mass is 16.2. The Labute approximate surface area is 180 Å². The summed E-state index contributed by atoms with van der Waals surface area (Å²) in [5, 5.41) is 3.37. The molecular formula is C25H35N3O2. The van der Waals surface area contributed by atoms with Gasteiger partial charge in [-0.3, -0.25) is 9.59 Å². The van der Waals surface area contributed by atoms with E-state index in [-0.39, 0.29) is 17.9 Å². The molecule has 0 bridgehead atoms. The highest BCUT2D eigenvalue weighted by Crippen LogP contribution is 2.37. The molecule has 2 saturated carbocycles. The maximum Gasteiger partial charge on any atom is 0.225 e. The monoisotopic (exact) mass is 409 g/mol. The van der Waals surface area contributed by atoms with Crippen molar-refractivity contribution in [1.29, 1.82) is 0 Å². The van der Waals surface area contributed by atoms with E-state index in [2.05, 4.69) is 39.4 Å². The van der Waals surface area contributed by atoms with Crippen molar-refractivity contribution in [3.63, 3.8) is 0 Å². The Morgan fingerprint density at radius 1 is 0.900 bits per heavy atom. The molecule has 1 N–H and O–H groups in total. The normalized spacial score (nSPS) is 27.9. The molecule has 30 heavy (non-hydrogen) atoms. The van der Waals surface area contributed by atoms with Crippen molar-refractivity contribution >= 4 is 11.8 Å². The lowest BCUT2D eigenvalue weighted by molar-refractivity contribution is -0.131. The van der Waals surface area contributed by atoms with E-state index < -0.39 is 0 Å². The van der Waals surface area contributed by atoms with E-state index in [1.54, 1.807) is 0 Å². The molecule has 5 nitrogen and oxygen atoms in total. The predicted molar refractivity (Wildman–Crippen MR) is 117 cm³/mol. The zero-order valence-corrected chi connectivity index (χ0v) is 18.0.